The van der Waals surface area contributed by atoms with Gasteiger partial charge in [-0.25, -0.2) is 0 Å². The number of hydrogen-bond acceptors (Lipinski definition) is 5. The van der Waals surface area contributed by atoms with Gasteiger partial charge >= 0.3 is 0 Å². The average molecular weight is 286 g/mol. The van der Waals surface area contributed by atoms with E-state index in [2.05, 4.69) is 36.7 Å². The second-order valence-electron chi connectivity index (χ2n) is 5.26. The molecule has 21 heavy (non-hydrogen) atoms. The zero-order valence-corrected chi connectivity index (χ0v) is 11.7. The van der Waals surface area contributed by atoms with E-state index in [-0.39, 0.29) is 11.9 Å². The lowest BCUT2D eigenvalue weighted by atomic mass is 10.0. The number of hydrogen-bond donors (Lipinski definition) is 2. The standard InChI is InChI=1S/C14H18N6O/c21-14(13-8-16-19-18-13)17-12-4-2-6-20(10-12)9-11-3-1-5-15-7-11/h1,3,5,7-8,12H,2,4,6,9-10H2,(H,17,21)(H,16,18,19). The fourth-order valence-corrected chi connectivity index (χ4v) is 2.64. The van der Waals surface area contributed by atoms with Crippen molar-refractivity contribution in [1.82, 2.24) is 30.6 Å². The average Bonchev–Trinajstić information content (AvgIpc) is 3.03. The van der Waals surface area contributed by atoms with Crippen LogP contribution >= 0.6 is 0 Å². The number of aromatic amines is 1. The molecule has 0 spiro atoms. The van der Waals surface area contributed by atoms with Gasteiger partial charge in [0.05, 0.1) is 6.20 Å². The van der Waals surface area contributed by atoms with Gasteiger partial charge in [0.15, 0.2) is 5.69 Å². The number of amides is 1. The predicted molar refractivity (Wildman–Crippen MR) is 76.4 cm³/mol. The summed E-state index contributed by atoms with van der Waals surface area (Å²) in [5.74, 6) is -0.169. The van der Waals surface area contributed by atoms with Crippen molar-refractivity contribution < 1.29 is 4.79 Å². The van der Waals surface area contributed by atoms with Crippen LogP contribution in [-0.2, 0) is 6.54 Å². The Labute approximate surface area is 122 Å². The predicted octanol–water partition coefficient (Wildman–Crippen LogP) is 0.594. The van der Waals surface area contributed by atoms with Crippen molar-refractivity contribution in [2.24, 2.45) is 0 Å². The number of aromatic nitrogens is 4. The third-order valence-electron chi connectivity index (χ3n) is 3.62. The van der Waals surface area contributed by atoms with E-state index in [1.54, 1.807) is 6.20 Å². The van der Waals surface area contributed by atoms with Crippen LogP contribution in [0.5, 0.6) is 0 Å². The molecule has 2 aromatic heterocycles. The lowest BCUT2D eigenvalue weighted by Crippen LogP contribution is -2.47. The number of carbonyl (C=O) groups is 1. The third kappa shape index (κ3) is 3.63. The van der Waals surface area contributed by atoms with Crippen molar-refractivity contribution in [2.75, 3.05) is 13.1 Å². The lowest BCUT2D eigenvalue weighted by molar-refractivity contribution is 0.0895. The van der Waals surface area contributed by atoms with Gasteiger partial charge in [-0.15, -0.1) is 0 Å². The molecular weight excluding hydrogens is 268 g/mol. The summed E-state index contributed by atoms with van der Waals surface area (Å²) in [5, 5.41) is 12.9. The molecule has 3 rings (SSSR count). The van der Waals surface area contributed by atoms with Crippen LogP contribution < -0.4 is 5.32 Å². The summed E-state index contributed by atoms with van der Waals surface area (Å²) < 4.78 is 0. The maximum atomic E-state index is 12.0. The number of likely N-dealkylation sites (tertiary alicyclic amines) is 1. The number of nitrogens with zero attached hydrogens (tertiary/aromatic N) is 4. The normalized spacial score (nSPS) is 19.3. The smallest absolute Gasteiger partial charge is 0.273 e. The Kier molecular flexibility index (Phi) is 4.20. The van der Waals surface area contributed by atoms with Gasteiger partial charge in [-0.2, -0.15) is 15.4 Å². The summed E-state index contributed by atoms with van der Waals surface area (Å²) in [6.45, 7) is 2.76. The summed E-state index contributed by atoms with van der Waals surface area (Å²) >= 11 is 0. The summed E-state index contributed by atoms with van der Waals surface area (Å²) in [4.78, 5) is 18.5. The summed E-state index contributed by atoms with van der Waals surface area (Å²) in [5.41, 5.74) is 1.53. The van der Waals surface area contributed by atoms with Gasteiger partial charge in [-0.3, -0.25) is 14.7 Å². The van der Waals surface area contributed by atoms with Crippen molar-refractivity contribution in [1.29, 1.82) is 0 Å². The number of nitrogens with one attached hydrogen (secondary N) is 2. The molecule has 0 saturated carbocycles. The summed E-state index contributed by atoms with van der Waals surface area (Å²) in [6.07, 6.45) is 7.17. The van der Waals surface area contributed by atoms with Crippen molar-refractivity contribution >= 4 is 5.91 Å². The van der Waals surface area contributed by atoms with Crippen LogP contribution in [-0.4, -0.2) is 50.3 Å². The topological polar surface area (TPSA) is 86.8 Å². The highest BCUT2D eigenvalue weighted by Crippen LogP contribution is 2.13. The molecule has 7 heteroatoms. The maximum Gasteiger partial charge on any atom is 0.273 e. The Balaban J connectivity index is 1.55. The first-order valence-corrected chi connectivity index (χ1v) is 7.09. The molecule has 2 aromatic rings. The molecule has 1 aliphatic heterocycles. The Morgan fingerprint density at radius 1 is 1.48 bits per heavy atom. The Bertz CT molecular complexity index is 570. The monoisotopic (exact) mass is 286 g/mol. The van der Waals surface area contributed by atoms with Crippen LogP contribution in [0.2, 0.25) is 0 Å². The van der Waals surface area contributed by atoms with E-state index in [1.165, 1.54) is 11.8 Å². The molecule has 0 bridgehead atoms. The van der Waals surface area contributed by atoms with Gasteiger partial charge in [0.1, 0.15) is 0 Å². The molecule has 1 atom stereocenters. The van der Waals surface area contributed by atoms with Crippen LogP contribution in [0.4, 0.5) is 0 Å². The second kappa shape index (κ2) is 6.45. The van der Waals surface area contributed by atoms with Crippen molar-refractivity contribution in [3.05, 3.63) is 42.0 Å². The first-order chi connectivity index (χ1) is 10.3. The quantitative estimate of drug-likeness (QED) is 0.859. The van der Waals surface area contributed by atoms with E-state index < -0.39 is 0 Å². The molecule has 0 aromatic carbocycles. The molecular formula is C14H18N6O. The van der Waals surface area contributed by atoms with Gasteiger partial charge in [-0.1, -0.05) is 6.07 Å². The highest BCUT2D eigenvalue weighted by atomic mass is 16.2. The Morgan fingerprint density at radius 3 is 3.19 bits per heavy atom. The van der Waals surface area contributed by atoms with Crippen LogP contribution in [0.1, 0.15) is 28.9 Å². The van der Waals surface area contributed by atoms with E-state index in [4.69, 9.17) is 0 Å². The van der Waals surface area contributed by atoms with E-state index >= 15 is 0 Å². The molecule has 7 nitrogen and oxygen atoms in total. The minimum atomic E-state index is -0.169. The van der Waals surface area contributed by atoms with Gasteiger partial charge in [-0.05, 0) is 31.0 Å². The second-order valence-corrected chi connectivity index (χ2v) is 5.26. The molecule has 0 aliphatic carbocycles. The van der Waals surface area contributed by atoms with E-state index in [0.717, 1.165) is 32.5 Å². The minimum Gasteiger partial charge on any atom is -0.347 e. The van der Waals surface area contributed by atoms with Crippen LogP contribution in [0.15, 0.2) is 30.7 Å². The number of rotatable bonds is 4. The number of carbonyl (C=O) groups excluding carboxylic acids is 1. The minimum absolute atomic E-state index is 0.152. The Hall–Kier alpha value is -2.28. The van der Waals surface area contributed by atoms with E-state index in [0.29, 0.717) is 5.69 Å². The molecule has 1 unspecified atom stereocenters. The van der Waals surface area contributed by atoms with E-state index in [9.17, 15) is 4.79 Å². The number of pyridine rings is 1. The fraction of sp³-hybridized carbons (Fsp3) is 0.429. The molecule has 3 heterocycles. The molecule has 1 aliphatic rings. The van der Waals surface area contributed by atoms with Gasteiger partial charge in [0.2, 0.25) is 0 Å². The molecule has 1 amide bonds. The van der Waals surface area contributed by atoms with Crippen molar-refractivity contribution in [3.8, 4) is 0 Å². The number of H-pyrrole nitrogens is 1. The zero-order chi connectivity index (χ0) is 14.5. The first kappa shape index (κ1) is 13.7. The third-order valence-corrected chi connectivity index (χ3v) is 3.62. The lowest BCUT2D eigenvalue weighted by Gasteiger charge is -2.32. The SMILES string of the molecule is O=C(NC1CCCN(Cc2cccnc2)C1)c1cn[nH]n1. The zero-order valence-electron chi connectivity index (χ0n) is 11.7. The number of piperidine rings is 1. The molecule has 110 valence electrons. The van der Waals surface area contributed by atoms with Crippen molar-refractivity contribution in [2.45, 2.75) is 25.4 Å². The van der Waals surface area contributed by atoms with Crippen LogP contribution in [0.25, 0.3) is 0 Å². The maximum absolute atomic E-state index is 12.0. The van der Waals surface area contributed by atoms with Crippen molar-refractivity contribution in [3.63, 3.8) is 0 Å². The van der Waals surface area contributed by atoms with Crippen LogP contribution in [0.3, 0.4) is 0 Å². The molecule has 2 N–H and O–H groups in total. The van der Waals surface area contributed by atoms with Gasteiger partial charge in [0, 0.05) is 31.5 Å². The summed E-state index contributed by atoms with van der Waals surface area (Å²) in [7, 11) is 0. The summed E-state index contributed by atoms with van der Waals surface area (Å²) in [6, 6.07) is 4.17. The largest absolute Gasteiger partial charge is 0.347 e. The first-order valence-electron chi connectivity index (χ1n) is 7.09. The van der Waals surface area contributed by atoms with Crippen LogP contribution in [0, 0.1) is 0 Å². The molecule has 1 saturated heterocycles. The highest BCUT2D eigenvalue weighted by Gasteiger charge is 2.22. The molecule has 1 fully saturated rings. The van der Waals surface area contributed by atoms with Gasteiger partial charge < -0.3 is 5.32 Å². The fourth-order valence-electron chi connectivity index (χ4n) is 2.64. The molecule has 0 radical (unpaired) electrons. The highest BCUT2D eigenvalue weighted by molar-refractivity contribution is 5.92. The van der Waals surface area contributed by atoms with E-state index in [1.807, 2.05) is 12.3 Å². The van der Waals surface area contributed by atoms with Gasteiger partial charge in [0.25, 0.3) is 5.91 Å². The Morgan fingerprint density at radius 2 is 2.43 bits per heavy atom.